The molecular weight excluding hydrogens is 296 g/mol. The summed E-state index contributed by atoms with van der Waals surface area (Å²) in [6.45, 7) is 1.96. The van der Waals surface area contributed by atoms with Gasteiger partial charge in [-0.3, -0.25) is 4.98 Å². The van der Waals surface area contributed by atoms with Crippen molar-refractivity contribution >= 4 is 27.1 Å². The Balaban J connectivity index is 2.30. The van der Waals surface area contributed by atoms with Crippen molar-refractivity contribution < 1.29 is 8.42 Å². The summed E-state index contributed by atoms with van der Waals surface area (Å²) in [4.78, 5) is 4.30. The van der Waals surface area contributed by atoms with Gasteiger partial charge in [0.25, 0.3) is 0 Å². The van der Waals surface area contributed by atoms with Crippen LogP contribution in [0, 0.1) is 0 Å². The van der Waals surface area contributed by atoms with Crippen molar-refractivity contribution in [1.82, 2.24) is 4.98 Å². The third-order valence-electron chi connectivity index (χ3n) is 2.92. The first-order valence-corrected chi connectivity index (χ1v) is 8.31. The highest BCUT2D eigenvalue weighted by molar-refractivity contribution is 7.90. The summed E-state index contributed by atoms with van der Waals surface area (Å²) in [6, 6.07) is 8.38. The largest absolute Gasteiger partial charge is 0.377 e. The van der Waals surface area contributed by atoms with E-state index in [0.717, 1.165) is 5.56 Å². The predicted molar refractivity (Wildman–Crippen MR) is 80.8 cm³/mol. The van der Waals surface area contributed by atoms with Crippen molar-refractivity contribution in [1.29, 1.82) is 0 Å². The molecule has 6 heteroatoms. The Morgan fingerprint density at radius 3 is 2.65 bits per heavy atom. The minimum absolute atomic E-state index is 0.0315. The van der Waals surface area contributed by atoms with Crippen molar-refractivity contribution in [2.45, 2.75) is 17.9 Å². The van der Waals surface area contributed by atoms with Crippen LogP contribution in [0.2, 0.25) is 5.02 Å². The average Bonchev–Trinajstić information content (AvgIpc) is 2.41. The molecule has 1 atom stereocenters. The zero-order valence-electron chi connectivity index (χ0n) is 11.2. The molecule has 1 N–H and O–H groups in total. The standard InChI is InChI=1S/C14H15ClN2O2S/c1-10(11-4-3-7-16-9-11)17-14-8-12(20(2,18)19)5-6-13(14)15/h3-10,17H,1-2H3. The molecule has 0 bridgehead atoms. The van der Waals surface area contributed by atoms with Crippen LogP contribution in [0.3, 0.4) is 0 Å². The summed E-state index contributed by atoms with van der Waals surface area (Å²) >= 11 is 6.10. The van der Waals surface area contributed by atoms with Crippen LogP contribution >= 0.6 is 11.6 Å². The van der Waals surface area contributed by atoms with Gasteiger partial charge in [-0.1, -0.05) is 17.7 Å². The fourth-order valence-electron chi connectivity index (χ4n) is 1.79. The Bertz CT molecular complexity index is 702. The van der Waals surface area contributed by atoms with Crippen LogP contribution in [-0.2, 0) is 9.84 Å². The summed E-state index contributed by atoms with van der Waals surface area (Å²) in [7, 11) is -3.25. The number of benzene rings is 1. The molecule has 0 aliphatic rings. The van der Waals surface area contributed by atoms with E-state index in [4.69, 9.17) is 11.6 Å². The Kier molecular flexibility index (Phi) is 4.30. The number of anilines is 1. The van der Waals surface area contributed by atoms with E-state index in [9.17, 15) is 8.42 Å². The number of halogens is 1. The third-order valence-corrected chi connectivity index (χ3v) is 4.36. The molecule has 0 spiro atoms. The van der Waals surface area contributed by atoms with Gasteiger partial charge < -0.3 is 5.32 Å². The molecule has 2 rings (SSSR count). The summed E-state index contributed by atoms with van der Waals surface area (Å²) < 4.78 is 23.1. The van der Waals surface area contributed by atoms with Crippen molar-refractivity contribution in [3.63, 3.8) is 0 Å². The molecule has 0 saturated heterocycles. The molecule has 1 aromatic carbocycles. The van der Waals surface area contributed by atoms with Crippen LogP contribution in [0.4, 0.5) is 5.69 Å². The quantitative estimate of drug-likeness (QED) is 0.941. The van der Waals surface area contributed by atoms with Crippen LogP contribution < -0.4 is 5.32 Å². The van der Waals surface area contributed by atoms with E-state index in [1.807, 2.05) is 19.1 Å². The third kappa shape index (κ3) is 3.49. The number of hydrogen-bond donors (Lipinski definition) is 1. The van der Waals surface area contributed by atoms with Crippen LogP contribution in [0.5, 0.6) is 0 Å². The van der Waals surface area contributed by atoms with Crippen molar-refractivity contribution in [3.8, 4) is 0 Å². The number of rotatable bonds is 4. The minimum atomic E-state index is -3.25. The molecule has 0 radical (unpaired) electrons. The molecule has 0 fully saturated rings. The van der Waals surface area contributed by atoms with E-state index < -0.39 is 9.84 Å². The second-order valence-corrected chi connectivity index (χ2v) is 6.99. The second-order valence-electron chi connectivity index (χ2n) is 4.57. The fraction of sp³-hybridized carbons (Fsp3) is 0.214. The second kappa shape index (κ2) is 5.81. The lowest BCUT2D eigenvalue weighted by Gasteiger charge is -2.17. The molecule has 2 aromatic rings. The Morgan fingerprint density at radius 2 is 2.05 bits per heavy atom. The highest BCUT2D eigenvalue weighted by Crippen LogP contribution is 2.28. The summed E-state index contributed by atoms with van der Waals surface area (Å²) in [5.41, 5.74) is 1.58. The first kappa shape index (κ1) is 14.8. The van der Waals surface area contributed by atoms with Gasteiger partial charge >= 0.3 is 0 Å². The first-order valence-electron chi connectivity index (χ1n) is 6.04. The lowest BCUT2D eigenvalue weighted by molar-refractivity contribution is 0.602. The fourth-order valence-corrected chi connectivity index (χ4v) is 2.61. The molecule has 106 valence electrons. The van der Waals surface area contributed by atoms with Gasteiger partial charge in [-0.25, -0.2) is 8.42 Å². The summed E-state index contributed by atoms with van der Waals surface area (Å²) in [5, 5.41) is 3.68. The maximum atomic E-state index is 11.6. The smallest absolute Gasteiger partial charge is 0.175 e. The van der Waals surface area contributed by atoms with Crippen molar-refractivity contribution in [2.75, 3.05) is 11.6 Å². The highest BCUT2D eigenvalue weighted by atomic mass is 35.5. The lowest BCUT2D eigenvalue weighted by atomic mass is 10.1. The molecule has 4 nitrogen and oxygen atoms in total. The van der Waals surface area contributed by atoms with E-state index in [0.29, 0.717) is 10.7 Å². The molecule has 1 heterocycles. The van der Waals surface area contributed by atoms with Gasteiger partial charge in [0.2, 0.25) is 0 Å². The van der Waals surface area contributed by atoms with Gasteiger partial charge in [0.05, 0.1) is 21.6 Å². The van der Waals surface area contributed by atoms with Crippen LogP contribution in [0.1, 0.15) is 18.5 Å². The molecule has 1 unspecified atom stereocenters. The van der Waals surface area contributed by atoms with Gasteiger partial charge in [0.15, 0.2) is 9.84 Å². The normalized spacial score (nSPS) is 12.9. The summed E-state index contributed by atoms with van der Waals surface area (Å²) in [6.07, 6.45) is 4.63. The van der Waals surface area contributed by atoms with Gasteiger partial charge in [0, 0.05) is 18.6 Å². The molecule has 0 amide bonds. The van der Waals surface area contributed by atoms with Gasteiger partial charge in [-0.15, -0.1) is 0 Å². The molecular formula is C14H15ClN2O2S. The summed E-state index contributed by atoms with van der Waals surface area (Å²) in [5.74, 6) is 0. The number of sulfone groups is 1. The van der Waals surface area contributed by atoms with E-state index >= 15 is 0 Å². The number of hydrogen-bond acceptors (Lipinski definition) is 4. The van der Waals surface area contributed by atoms with E-state index in [1.54, 1.807) is 24.5 Å². The number of aromatic nitrogens is 1. The van der Waals surface area contributed by atoms with E-state index in [-0.39, 0.29) is 10.9 Å². The molecule has 0 aliphatic heterocycles. The van der Waals surface area contributed by atoms with Crippen molar-refractivity contribution in [2.24, 2.45) is 0 Å². The van der Waals surface area contributed by atoms with E-state index in [2.05, 4.69) is 10.3 Å². The Labute approximate surface area is 123 Å². The van der Waals surface area contributed by atoms with Gasteiger partial charge in [-0.2, -0.15) is 0 Å². The molecule has 0 saturated carbocycles. The van der Waals surface area contributed by atoms with Crippen LogP contribution in [0.25, 0.3) is 0 Å². The van der Waals surface area contributed by atoms with Gasteiger partial charge in [-0.05, 0) is 36.8 Å². The van der Waals surface area contributed by atoms with Gasteiger partial charge in [0.1, 0.15) is 0 Å². The minimum Gasteiger partial charge on any atom is -0.377 e. The molecule has 0 aliphatic carbocycles. The maximum Gasteiger partial charge on any atom is 0.175 e. The Morgan fingerprint density at radius 1 is 1.30 bits per heavy atom. The van der Waals surface area contributed by atoms with E-state index in [1.165, 1.54) is 12.3 Å². The van der Waals surface area contributed by atoms with Crippen molar-refractivity contribution in [3.05, 3.63) is 53.3 Å². The highest BCUT2D eigenvalue weighted by Gasteiger charge is 2.12. The predicted octanol–water partition coefficient (Wildman–Crippen LogP) is 3.31. The lowest BCUT2D eigenvalue weighted by Crippen LogP contribution is -2.08. The number of nitrogens with zero attached hydrogens (tertiary/aromatic N) is 1. The first-order chi connectivity index (χ1) is 9.38. The zero-order chi connectivity index (χ0) is 14.8. The average molecular weight is 311 g/mol. The van der Waals surface area contributed by atoms with Crippen LogP contribution in [-0.4, -0.2) is 19.7 Å². The molecule has 1 aromatic heterocycles. The SMILES string of the molecule is CC(Nc1cc(S(C)(=O)=O)ccc1Cl)c1cccnc1. The maximum absolute atomic E-state index is 11.6. The Hall–Kier alpha value is -1.59. The monoisotopic (exact) mass is 310 g/mol. The number of nitrogens with one attached hydrogen (secondary N) is 1. The topological polar surface area (TPSA) is 59.1 Å². The van der Waals surface area contributed by atoms with Crippen LogP contribution in [0.15, 0.2) is 47.6 Å². The zero-order valence-corrected chi connectivity index (χ0v) is 12.7. The molecule has 20 heavy (non-hydrogen) atoms. The number of pyridine rings is 1.